The van der Waals surface area contributed by atoms with Gasteiger partial charge in [-0.15, -0.1) is 0 Å². The summed E-state index contributed by atoms with van der Waals surface area (Å²) in [4.78, 5) is 11.9. The molecule has 0 fully saturated rings. The van der Waals surface area contributed by atoms with Crippen molar-refractivity contribution >= 4 is 15.7 Å². The van der Waals surface area contributed by atoms with Crippen LogP contribution in [0.2, 0.25) is 0 Å². The second-order valence-corrected chi connectivity index (χ2v) is 6.45. The molecule has 3 aromatic rings. The molecule has 10 heteroatoms. The molecule has 4 rings (SSSR count). The number of nitrogens with one attached hydrogen (secondary N) is 1. The van der Waals surface area contributed by atoms with Crippen LogP contribution in [0.1, 0.15) is 0 Å². The Labute approximate surface area is 137 Å². The Morgan fingerprint density at radius 1 is 1.12 bits per heavy atom. The van der Waals surface area contributed by atoms with Gasteiger partial charge in [0, 0.05) is 18.5 Å². The molecule has 0 unspecified atom stereocenters. The number of benzene rings is 1. The maximum atomic E-state index is 12.7. The number of hydrogen-bond donors (Lipinski definition) is 1. The van der Waals surface area contributed by atoms with Crippen LogP contribution in [0.3, 0.4) is 0 Å². The number of nitrogens with zero attached hydrogens (tertiary/aromatic N) is 4. The van der Waals surface area contributed by atoms with Gasteiger partial charge < -0.3 is 9.47 Å². The van der Waals surface area contributed by atoms with E-state index in [0.717, 1.165) is 0 Å². The number of hydrogen-bond acceptors (Lipinski definition) is 7. The topological polar surface area (TPSA) is 108 Å². The van der Waals surface area contributed by atoms with E-state index in [4.69, 9.17) is 9.47 Å². The van der Waals surface area contributed by atoms with Gasteiger partial charge in [-0.05, 0) is 18.2 Å². The summed E-state index contributed by atoms with van der Waals surface area (Å²) in [7, 11) is -3.89. The third-order valence-electron chi connectivity index (χ3n) is 3.27. The normalized spacial score (nSPS) is 13.0. The highest BCUT2D eigenvalue weighted by molar-refractivity contribution is 7.92. The summed E-state index contributed by atoms with van der Waals surface area (Å²) in [5.74, 6) is 1.26. The second kappa shape index (κ2) is 5.49. The number of ether oxygens (including phenoxy) is 2. The minimum atomic E-state index is -3.89. The Morgan fingerprint density at radius 2 is 1.92 bits per heavy atom. The molecule has 9 nitrogen and oxygen atoms in total. The first-order valence-corrected chi connectivity index (χ1v) is 8.34. The van der Waals surface area contributed by atoms with Crippen LogP contribution in [0.5, 0.6) is 11.5 Å². The van der Waals surface area contributed by atoms with Gasteiger partial charge in [0.2, 0.25) is 12.7 Å². The average molecular weight is 345 g/mol. The molecule has 1 aromatic carbocycles. The van der Waals surface area contributed by atoms with Crippen LogP contribution in [0.4, 0.5) is 5.69 Å². The standard InChI is InChI=1S/C14H11N5O4S/c20-24(21,18-10-2-3-11-12(6-10)23-9-22-11)13-7-15-8-19(13)14-16-4-1-5-17-14/h1-8,18H,9H2. The van der Waals surface area contributed by atoms with E-state index in [2.05, 4.69) is 19.7 Å². The SMILES string of the molecule is O=S(=O)(Nc1ccc2c(c1)OCO2)c1cncn1-c1ncccn1. The predicted octanol–water partition coefficient (Wildman–Crippen LogP) is 1.19. The molecule has 1 aliphatic rings. The van der Waals surface area contributed by atoms with Crippen molar-refractivity contribution in [1.29, 1.82) is 0 Å². The Bertz CT molecular complexity index is 987. The summed E-state index contributed by atoms with van der Waals surface area (Å²) >= 11 is 0. The molecule has 0 aliphatic carbocycles. The van der Waals surface area contributed by atoms with E-state index < -0.39 is 10.0 Å². The molecule has 0 radical (unpaired) electrons. The monoisotopic (exact) mass is 345 g/mol. The third-order valence-corrected chi connectivity index (χ3v) is 4.63. The van der Waals surface area contributed by atoms with E-state index in [1.165, 1.54) is 29.5 Å². The predicted molar refractivity (Wildman–Crippen MR) is 82.5 cm³/mol. The molecule has 0 saturated heterocycles. The fourth-order valence-electron chi connectivity index (χ4n) is 2.22. The van der Waals surface area contributed by atoms with Gasteiger partial charge in [0.15, 0.2) is 16.5 Å². The highest BCUT2D eigenvalue weighted by atomic mass is 32.2. The van der Waals surface area contributed by atoms with Crippen LogP contribution >= 0.6 is 0 Å². The Balaban J connectivity index is 1.68. The van der Waals surface area contributed by atoms with Crippen LogP contribution in [-0.2, 0) is 10.0 Å². The number of imidazole rings is 1. The first kappa shape index (κ1) is 14.5. The number of rotatable bonds is 4. The summed E-state index contributed by atoms with van der Waals surface area (Å²) < 4.78 is 39.5. The molecular formula is C14H11N5O4S. The molecular weight excluding hydrogens is 334 g/mol. The van der Waals surface area contributed by atoms with E-state index in [0.29, 0.717) is 17.2 Å². The lowest BCUT2D eigenvalue weighted by atomic mass is 10.3. The quantitative estimate of drug-likeness (QED) is 0.756. The highest BCUT2D eigenvalue weighted by Gasteiger charge is 2.22. The molecule has 0 atom stereocenters. The molecule has 0 bridgehead atoms. The summed E-state index contributed by atoms with van der Waals surface area (Å²) in [6.45, 7) is 0.115. The number of fused-ring (bicyclic) bond motifs is 1. The minimum absolute atomic E-state index is 0.0774. The van der Waals surface area contributed by atoms with Crippen LogP contribution in [0.25, 0.3) is 5.95 Å². The Morgan fingerprint density at radius 3 is 2.75 bits per heavy atom. The van der Waals surface area contributed by atoms with E-state index >= 15 is 0 Å². The van der Waals surface area contributed by atoms with Gasteiger partial charge in [-0.3, -0.25) is 9.29 Å². The number of aromatic nitrogens is 4. The van der Waals surface area contributed by atoms with E-state index in [1.807, 2.05) is 0 Å². The van der Waals surface area contributed by atoms with E-state index in [9.17, 15) is 8.42 Å². The van der Waals surface area contributed by atoms with Crippen molar-refractivity contribution in [3.8, 4) is 17.4 Å². The maximum Gasteiger partial charge on any atom is 0.279 e. The van der Waals surface area contributed by atoms with E-state index in [-0.39, 0.29) is 17.8 Å². The van der Waals surface area contributed by atoms with Gasteiger partial charge in [-0.25, -0.2) is 15.0 Å². The zero-order chi connectivity index (χ0) is 16.6. The first-order valence-electron chi connectivity index (χ1n) is 6.86. The van der Waals surface area contributed by atoms with Gasteiger partial charge in [0.05, 0.1) is 11.9 Å². The van der Waals surface area contributed by atoms with Crippen molar-refractivity contribution in [2.24, 2.45) is 0 Å². The number of sulfonamides is 1. The highest BCUT2D eigenvalue weighted by Crippen LogP contribution is 2.34. The molecule has 24 heavy (non-hydrogen) atoms. The summed E-state index contributed by atoms with van der Waals surface area (Å²) in [5.41, 5.74) is 0.348. The molecule has 1 N–H and O–H groups in total. The maximum absolute atomic E-state index is 12.7. The van der Waals surface area contributed by atoms with Gasteiger partial charge in [-0.2, -0.15) is 8.42 Å². The van der Waals surface area contributed by atoms with Crippen molar-refractivity contribution in [2.75, 3.05) is 11.5 Å². The van der Waals surface area contributed by atoms with Crippen molar-refractivity contribution in [3.63, 3.8) is 0 Å². The van der Waals surface area contributed by atoms with E-state index in [1.54, 1.807) is 24.3 Å². The van der Waals surface area contributed by atoms with Crippen LogP contribution in [-0.4, -0.2) is 34.7 Å². The smallest absolute Gasteiger partial charge is 0.279 e. The lowest BCUT2D eigenvalue weighted by Crippen LogP contribution is -2.17. The summed E-state index contributed by atoms with van der Waals surface area (Å²) in [5, 5.41) is -0.0774. The molecule has 1 aliphatic heterocycles. The van der Waals surface area contributed by atoms with Crippen LogP contribution < -0.4 is 14.2 Å². The first-order chi connectivity index (χ1) is 11.6. The lowest BCUT2D eigenvalue weighted by Gasteiger charge is -2.10. The molecule has 122 valence electrons. The average Bonchev–Trinajstić information content (AvgIpc) is 3.24. The summed E-state index contributed by atoms with van der Waals surface area (Å²) in [6, 6.07) is 6.42. The molecule has 2 aromatic heterocycles. The largest absolute Gasteiger partial charge is 0.454 e. The van der Waals surface area contributed by atoms with Crippen molar-refractivity contribution in [3.05, 3.63) is 49.2 Å². The minimum Gasteiger partial charge on any atom is -0.454 e. The molecule has 0 spiro atoms. The number of anilines is 1. The van der Waals surface area contributed by atoms with Crippen molar-refractivity contribution in [2.45, 2.75) is 5.03 Å². The molecule has 3 heterocycles. The van der Waals surface area contributed by atoms with Crippen molar-refractivity contribution in [1.82, 2.24) is 19.5 Å². The zero-order valence-corrected chi connectivity index (χ0v) is 13.0. The fourth-order valence-corrected chi connectivity index (χ4v) is 3.34. The third kappa shape index (κ3) is 2.52. The fraction of sp³-hybridized carbons (Fsp3) is 0.0714. The van der Waals surface area contributed by atoms with Crippen LogP contribution in [0, 0.1) is 0 Å². The van der Waals surface area contributed by atoms with Gasteiger partial charge >= 0.3 is 0 Å². The second-order valence-electron chi connectivity index (χ2n) is 4.82. The zero-order valence-electron chi connectivity index (χ0n) is 12.2. The van der Waals surface area contributed by atoms with Gasteiger partial charge in [0.1, 0.15) is 6.33 Å². The Kier molecular flexibility index (Phi) is 3.31. The van der Waals surface area contributed by atoms with Crippen molar-refractivity contribution < 1.29 is 17.9 Å². The van der Waals surface area contributed by atoms with Crippen LogP contribution in [0.15, 0.2) is 54.2 Å². The van der Waals surface area contributed by atoms with Gasteiger partial charge in [-0.1, -0.05) is 0 Å². The summed E-state index contributed by atoms with van der Waals surface area (Å²) in [6.07, 6.45) is 5.60. The molecule has 0 saturated carbocycles. The molecule has 0 amide bonds. The van der Waals surface area contributed by atoms with Gasteiger partial charge in [0.25, 0.3) is 10.0 Å². The Hall–Kier alpha value is -3.14. The lowest BCUT2D eigenvalue weighted by molar-refractivity contribution is 0.174.